The molecule has 0 bridgehead atoms. The smallest absolute Gasteiger partial charge is 0.191 e. The first-order valence-electron chi connectivity index (χ1n) is 5.08. The molecule has 0 spiro atoms. The molecular weight excluding hydrogens is 260 g/mol. The number of halogens is 2. The molecule has 0 aliphatic carbocycles. The van der Waals surface area contributed by atoms with Gasteiger partial charge < -0.3 is 4.74 Å². The Morgan fingerprint density at radius 3 is 2.56 bits per heavy atom. The Bertz CT molecular complexity index is 560. The number of hydrogen-bond donors (Lipinski definition) is 0. The Hall–Kier alpha value is -1.82. The van der Waals surface area contributed by atoms with Gasteiger partial charge in [-0.2, -0.15) is 0 Å². The van der Waals surface area contributed by atoms with E-state index < -0.39 is 17.4 Å². The summed E-state index contributed by atoms with van der Waals surface area (Å²) in [6.07, 6.45) is 1.97. The van der Waals surface area contributed by atoms with Gasteiger partial charge in [-0.1, -0.05) is 0 Å². The van der Waals surface area contributed by atoms with E-state index in [1.165, 1.54) is 11.3 Å². The summed E-state index contributed by atoms with van der Waals surface area (Å²) in [6, 6.07) is 1.87. The molecule has 1 heterocycles. The van der Waals surface area contributed by atoms with Gasteiger partial charge >= 0.3 is 0 Å². The molecule has 0 saturated carbocycles. The predicted octanol–water partition coefficient (Wildman–Crippen LogP) is 3.12. The lowest BCUT2D eigenvalue weighted by Gasteiger charge is -2.07. The van der Waals surface area contributed by atoms with Gasteiger partial charge in [0.05, 0.1) is 9.88 Å². The number of aldehydes is 1. The van der Waals surface area contributed by atoms with Crippen LogP contribution in [0.5, 0.6) is 5.75 Å². The van der Waals surface area contributed by atoms with Crippen LogP contribution in [0.25, 0.3) is 0 Å². The number of thiazole rings is 1. The molecule has 2 rings (SSSR count). The minimum Gasteiger partial charge on any atom is -0.482 e. The molecule has 18 heavy (non-hydrogen) atoms. The number of rotatable bonds is 4. The normalized spacial score (nSPS) is 10.4. The Balaban J connectivity index is 2.16. The average Bonchev–Trinajstić information content (AvgIpc) is 2.73. The highest BCUT2D eigenvalue weighted by atomic mass is 32.1. The highest BCUT2D eigenvalue weighted by Crippen LogP contribution is 2.24. The highest BCUT2D eigenvalue weighted by molar-refractivity contribution is 7.11. The molecule has 0 aliphatic rings. The first-order valence-corrected chi connectivity index (χ1v) is 5.90. The molecule has 0 atom stereocenters. The van der Waals surface area contributed by atoms with E-state index in [2.05, 4.69) is 4.98 Å². The monoisotopic (exact) mass is 269 g/mol. The van der Waals surface area contributed by atoms with Gasteiger partial charge in [-0.15, -0.1) is 11.3 Å². The second-order valence-corrected chi connectivity index (χ2v) is 4.89. The number of aryl methyl sites for hydroxylation is 1. The second kappa shape index (κ2) is 5.22. The molecule has 0 fully saturated rings. The Labute approximate surface area is 106 Å². The molecule has 6 heteroatoms. The lowest BCUT2D eigenvalue weighted by molar-refractivity contribution is 0.112. The van der Waals surface area contributed by atoms with E-state index >= 15 is 0 Å². The fourth-order valence-electron chi connectivity index (χ4n) is 1.40. The van der Waals surface area contributed by atoms with Gasteiger partial charge in [-0.05, 0) is 19.1 Å². The van der Waals surface area contributed by atoms with Crippen molar-refractivity contribution in [3.8, 4) is 5.75 Å². The van der Waals surface area contributed by atoms with Crippen LogP contribution in [0.15, 0.2) is 18.3 Å². The van der Waals surface area contributed by atoms with Crippen LogP contribution in [-0.4, -0.2) is 11.3 Å². The van der Waals surface area contributed by atoms with Gasteiger partial charge in [0.1, 0.15) is 12.9 Å². The van der Waals surface area contributed by atoms with Crippen molar-refractivity contribution in [2.75, 3.05) is 0 Å². The molecule has 0 N–H and O–H groups in total. The third kappa shape index (κ3) is 2.70. The van der Waals surface area contributed by atoms with Crippen LogP contribution in [0.1, 0.15) is 20.2 Å². The number of hydrogen-bond acceptors (Lipinski definition) is 4. The molecule has 1 aromatic heterocycles. The standard InChI is InChI=1S/C12H9F2NO2S/c1-7-15-4-9(18-7)6-17-12-10(13)2-8(5-16)3-11(12)14/h2-5H,6H2,1H3. The summed E-state index contributed by atoms with van der Waals surface area (Å²) >= 11 is 1.39. The molecule has 0 unspecified atom stereocenters. The molecule has 3 nitrogen and oxygen atoms in total. The number of aromatic nitrogens is 1. The Morgan fingerprint density at radius 2 is 2.06 bits per heavy atom. The van der Waals surface area contributed by atoms with Crippen molar-refractivity contribution in [1.29, 1.82) is 0 Å². The third-order valence-electron chi connectivity index (χ3n) is 2.18. The summed E-state index contributed by atoms with van der Waals surface area (Å²) in [5.41, 5.74) is -0.0639. The number of ether oxygens (including phenoxy) is 1. The predicted molar refractivity (Wildman–Crippen MR) is 62.9 cm³/mol. The fraction of sp³-hybridized carbons (Fsp3) is 0.167. The molecule has 1 aromatic carbocycles. The number of carbonyl (C=O) groups excluding carboxylic acids is 1. The minimum absolute atomic E-state index is 0.0415. The van der Waals surface area contributed by atoms with E-state index in [1.54, 1.807) is 6.20 Å². The first-order chi connectivity index (χ1) is 8.60. The second-order valence-electron chi connectivity index (χ2n) is 3.57. The van der Waals surface area contributed by atoms with Crippen molar-refractivity contribution in [2.45, 2.75) is 13.5 Å². The van der Waals surface area contributed by atoms with E-state index in [0.717, 1.165) is 22.0 Å². The van der Waals surface area contributed by atoms with Gasteiger partial charge in [0.2, 0.25) is 0 Å². The van der Waals surface area contributed by atoms with Crippen LogP contribution in [0.4, 0.5) is 8.78 Å². The molecule has 0 radical (unpaired) electrons. The van der Waals surface area contributed by atoms with Crippen molar-refractivity contribution in [3.05, 3.63) is 45.4 Å². The summed E-state index contributed by atoms with van der Waals surface area (Å²) in [6.45, 7) is 1.87. The molecular formula is C12H9F2NO2S. The van der Waals surface area contributed by atoms with Gasteiger partial charge in [0.15, 0.2) is 17.4 Å². The largest absolute Gasteiger partial charge is 0.482 e. The van der Waals surface area contributed by atoms with E-state index in [-0.39, 0.29) is 12.2 Å². The van der Waals surface area contributed by atoms with E-state index in [4.69, 9.17) is 4.74 Å². The summed E-state index contributed by atoms with van der Waals surface area (Å²) in [4.78, 5) is 15.2. The average molecular weight is 269 g/mol. The molecule has 2 aromatic rings. The summed E-state index contributed by atoms with van der Waals surface area (Å²) < 4.78 is 32.0. The first kappa shape index (κ1) is 12.6. The third-order valence-corrected chi connectivity index (χ3v) is 3.07. The van der Waals surface area contributed by atoms with Crippen LogP contribution in [0.2, 0.25) is 0 Å². The molecule has 0 amide bonds. The Kier molecular flexibility index (Phi) is 3.66. The SMILES string of the molecule is Cc1ncc(COc2c(F)cc(C=O)cc2F)s1. The topological polar surface area (TPSA) is 39.2 Å². The molecule has 0 saturated heterocycles. The van der Waals surface area contributed by atoms with Crippen LogP contribution in [0, 0.1) is 18.6 Å². The van der Waals surface area contributed by atoms with Crippen LogP contribution in [-0.2, 0) is 6.61 Å². The quantitative estimate of drug-likeness (QED) is 0.800. The van der Waals surface area contributed by atoms with Crippen molar-refractivity contribution in [3.63, 3.8) is 0 Å². The fourth-order valence-corrected chi connectivity index (χ4v) is 2.11. The Morgan fingerprint density at radius 1 is 1.39 bits per heavy atom. The van der Waals surface area contributed by atoms with Crippen LogP contribution >= 0.6 is 11.3 Å². The lowest BCUT2D eigenvalue weighted by Crippen LogP contribution is -1.99. The van der Waals surface area contributed by atoms with E-state index in [1.807, 2.05) is 6.92 Å². The highest BCUT2D eigenvalue weighted by Gasteiger charge is 2.13. The zero-order valence-electron chi connectivity index (χ0n) is 9.44. The van der Waals surface area contributed by atoms with E-state index in [9.17, 15) is 13.6 Å². The maximum atomic E-state index is 13.5. The summed E-state index contributed by atoms with van der Waals surface area (Å²) in [7, 11) is 0. The van der Waals surface area contributed by atoms with Crippen molar-refractivity contribution >= 4 is 17.6 Å². The minimum atomic E-state index is -0.890. The number of nitrogens with zero attached hydrogens (tertiary/aromatic N) is 1. The van der Waals surface area contributed by atoms with Gasteiger partial charge in [-0.3, -0.25) is 4.79 Å². The van der Waals surface area contributed by atoms with Gasteiger partial charge in [-0.25, -0.2) is 13.8 Å². The summed E-state index contributed by atoms with van der Waals surface area (Å²) in [5, 5.41) is 0.853. The summed E-state index contributed by atoms with van der Waals surface area (Å²) in [5.74, 6) is -2.26. The maximum absolute atomic E-state index is 13.5. The molecule has 0 aliphatic heterocycles. The van der Waals surface area contributed by atoms with Gasteiger partial charge in [0.25, 0.3) is 0 Å². The number of carbonyl (C=O) groups is 1. The zero-order chi connectivity index (χ0) is 13.1. The van der Waals surface area contributed by atoms with Crippen molar-refractivity contribution < 1.29 is 18.3 Å². The maximum Gasteiger partial charge on any atom is 0.191 e. The van der Waals surface area contributed by atoms with E-state index in [0.29, 0.717) is 6.29 Å². The van der Waals surface area contributed by atoms with Crippen molar-refractivity contribution in [1.82, 2.24) is 4.98 Å². The zero-order valence-corrected chi connectivity index (χ0v) is 10.3. The van der Waals surface area contributed by atoms with Crippen LogP contribution < -0.4 is 4.74 Å². The molecule has 94 valence electrons. The van der Waals surface area contributed by atoms with Crippen molar-refractivity contribution in [2.24, 2.45) is 0 Å². The van der Waals surface area contributed by atoms with Gasteiger partial charge in [0, 0.05) is 11.8 Å². The lowest BCUT2D eigenvalue weighted by atomic mass is 10.2. The van der Waals surface area contributed by atoms with Crippen LogP contribution in [0.3, 0.4) is 0 Å². The number of benzene rings is 1.